The number of hydrogen-bond donors (Lipinski definition) is 1. The Balaban J connectivity index is 3.19. The lowest BCUT2D eigenvalue weighted by molar-refractivity contribution is -0.140. The van der Waals surface area contributed by atoms with Crippen molar-refractivity contribution >= 4 is 11.9 Å². The molecular weight excluding hydrogens is 306 g/mol. The Hall–Kier alpha value is -2.04. The zero-order valence-electron chi connectivity index (χ0n) is 15.4. The number of allylic oxidation sites excluding steroid dienone is 4. The second-order valence-electron chi connectivity index (χ2n) is 5.65. The van der Waals surface area contributed by atoms with Gasteiger partial charge in [-0.1, -0.05) is 19.1 Å². The minimum Gasteiger partial charge on any atom is -0.463 e. The molecule has 0 fully saturated rings. The molecule has 1 aliphatic rings. The van der Waals surface area contributed by atoms with Crippen LogP contribution in [0.1, 0.15) is 53.9 Å². The fraction of sp³-hybridized carbons (Fsp3) is 0.579. The van der Waals surface area contributed by atoms with Gasteiger partial charge in [0, 0.05) is 17.3 Å². The lowest BCUT2D eigenvalue weighted by atomic mass is 9.82. The number of ether oxygens (including phenoxy) is 2. The van der Waals surface area contributed by atoms with Crippen molar-refractivity contribution in [2.24, 2.45) is 5.92 Å². The summed E-state index contributed by atoms with van der Waals surface area (Å²) >= 11 is 0. The summed E-state index contributed by atoms with van der Waals surface area (Å²) in [5.74, 6) is -1.06. The highest BCUT2D eigenvalue weighted by Crippen LogP contribution is 2.34. The third-order valence-electron chi connectivity index (χ3n) is 3.90. The Labute approximate surface area is 144 Å². The Kier molecular flexibility index (Phi) is 8.30. The summed E-state index contributed by atoms with van der Waals surface area (Å²) in [5.41, 5.74) is 2.53. The van der Waals surface area contributed by atoms with Crippen LogP contribution in [0, 0.1) is 5.92 Å². The summed E-state index contributed by atoms with van der Waals surface area (Å²) in [5, 5.41) is 3.13. The molecule has 0 atom stereocenters. The maximum Gasteiger partial charge on any atom is 0.336 e. The number of hydrogen-bond acceptors (Lipinski definition) is 5. The SMILES string of the molecule is CC/C=C\CCC1C(C(=O)OCC)=C(C)NC(C)=C1C(=O)OCC. The summed E-state index contributed by atoms with van der Waals surface area (Å²) < 4.78 is 10.4. The minimum atomic E-state index is -0.374. The van der Waals surface area contributed by atoms with Crippen molar-refractivity contribution in [1.29, 1.82) is 0 Å². The lowest BCUT2D eigenvalue weighted by Crippen LogP contribution is -2.33. The van der Waals surface area contributed by atoms with Gasteiger partial charge in [0.2, 0.25) is 0 Å². The van der Waals surface area contributed by atoms with E-state index >= 15 is 0 Å². The average Bonchev–Trinajstić information content (AvgIpc) is 2.51. The van der Waals surface area contributed by atoms with Crippen LogP contribution in [0.25, 0.3) is 0 Å². The van der Waals surface area contributed by atoms with Gasteiger partial charge in [-0.3, -0.25) is 0 Å². The van der Waals surface area contributed by atoms with Crippen molar-refractivity contribution in [1.82, 2.24) is 5.32 Å². The fourth-order valence-corrected chi connectivity index (χ4v) is 2.93. The first-order chi connectivity index (χ1) is 11.5. The normalized spacial score (nSPS) is 15.7. The summed E-state index contributed by atoms with van der Waals surface area (Å²) in [7, 11) is 0. The smallest absolute Gasteiger partial charge is 0.336 e. The molecule has 0 saturated carbocycles. The van der Waals surface area contributed by atoms with E-state index in [9.17, 15) is 9.59 Å². The van der Waals surface area contributed by atoms with E-state index in [1.807, 2.05) is 13.8 Å². The Morgan fingerprint density at radius 1 is 0.958 bits per heavy atom. The van der Waals surface area contributed by atoms with Crippen molar-refractivity contribution in [2.75, 3.05) is 13.2 Å². The molecule has 0 bridgehead atoms. The van der Waals surface area contributed by atoms with E-state index < -0.39 is 0 Å². The predicted octanol–water partition coefficient (Wildman–Crippen LogP) is 3.63. The molecule has 5 heteroatoms. The lowest BCUT2D eigenvalue weighted by Gasteiger charge is -2.30. The number of nitrogens with one attached hydrogen (secondary N) is 1. The topological polar surface area (TPSA) is 64.6 Å². The van der Waals surface area contributed by atoms with Gasteiger partial charge in [-0.25, -0.2) is 9.59 Å². The fourth-order valence-electron chi connectivity index (χ4n) is 2.93. The number of rotatable bonds is 8. The first kappa shape index (κ1) is 20.0. The third-order valence-corrected chi connectivity index (χ3v) is 3.90. The van der Waals surface area contributed by atoms with E-state index in [0.717, 1.165) is 24.2 Å². The third kappa shape index (κ3) is 4.98. The Bertz CT molecular complexity index is 518. The molecule has 0 spiro atoms. The standard InChI is InChI=1S/C19H29NO4/c1-6-9-10-11-12-15-16(18(21)23-7-2)13(4)20-14(5)17(15)19(22)24-8-3/h9-10,15,20H,6-8,11-12H2,1-5H3/b10-9-. The predicted molar refractivity (Wildman–Crippen MR) is 94.0 cm³/mol. The van der Waals surface area contributed by atoms with Gasteiger partial charge in [0.15, 0.2) is 0 Å². The molecular formula is C19H29NO4. The highest BCUT2D eigenvalue weighted by atomic mass is 16.5. The Morgan fingerprint density at radius 3 is 1.88 bits per heavy atom. The van der Waals surface area contributed by atoms with Crippen LogP contribution in [-0.4, -0.2) is 25.2 Å². The van der Waals surface area contributed by atoms with Crippen LogP contribution in [0.2, 0.25) is 0 Å². The van der Waals surface area contributed by atoms with E-state index in [4.69, 9.17) is 9.47 Å². The van der Waals surface area contributed by atoms with E-state index in [-0.39, 0.29) is 17.9 Å². The number of dihydropyridines is 1. The van der Waals surface area contributed by atoms with Crippen LogP contribution in [0.3, 0.4) is 0 Å². The molecule has 1 heterocycles. The van der Waals surface area contributed by atoms with Crippen molar-refractivity contribution in [3.05, 3.63) is 34.7 Å². The van der Waals surface area contributed by atoms with Gasteiger partial charge in [0.05, 0.1) is 24.4 Å². The van der Waals surface area contributed by atoms with Gasteiger partial charge in [0.1, 0.15) is 0 Å². The van der Waals surface area contributed by atoms with Crippen molar-refractivity contribution < 1.29 is 19.1 Å². The highest BCUT2D eigenvalue weighted by Gasteiger charge is 2.36. The quantitative estimate of drug-likeness (QED) is 0.542. The van der Waals surface area contributed by atoms with Gasteiger partial charge in [0.25, 0.3) is 0 Å². The number of carbonyl (C=O) groups excluding carboxylic acids is 2. The van der Waals surface area contributed by atoms with E-state index in [2.05, 4.69) is 24.4 Å². The van der Waals surface area contributed by atoms with E-state index in [0.29, 0.717) is 30.8 Å². The minimum absolute atomic E-state index is 0.301. The van der Waals surface area contributed by atoms with Gasteiger partial charge >= 0.3 is 11.9 Å². The molecule has 0 radical (unpaired) electrons. The van der Waals surface area contributed by atoms with E-state index in [1.54, 1.807) is 13.8 Å². The largest absolute Gasteiger partial charge is 0.463 e. The van der Waals surface area contributed by atoms with Crippen LogP contribution in [-0.2, 0) is 19.1 Å². The Morgan fingerprint density at radius 2 is 1.46 bits per heavy atom. The second kappa shape index (κ2) is 9.96. The van der Waals surface area contributed by atoms with Crippen LogP contribution >= 0.6 is 0 Å². The van der Waals surface area contributed by atoms with Crippen molar-refractivity contribution in [3.63, 3.8) is 0 Å². The summed E-state index contributed by atoms with van der Waals surface area (Å²) in [4.78, 5) is 24.9. The molecule has 0 aromatic carbocycles. The van der Waals surface area contributed by atoms with Gasteiger partial charge in [-0.2, -0.15) is 0 Å². The van der Waals surface area contributed by atoms with Gasteiger partial charge < -0.3 is 14.8 Å². The first-order valence-electron chi connectivity index (χ1n) is 8.65. The molecule has 1 N–H and O–H groups in total. The molecule has 24 heavy (non-hydrogen) atoms. The van der Waals surface area contributed by atoms with Gasteiger partial charge in [-0.05, 0) is 47.0 Å². The number of carbonyl (C=O) groups is 2. The molecule has 0 unspecified atom stereocenters. The molecule has 0 aliphatic carbocycles. The highest BCUT2D eigenvalue weighted by molar-refractivity contribution is 5.97. The molecule has 0 saturated heterocycles. The summed E-state index contributed by atoms with van der Waals surface area (Å²) in [6.07, 6.45) is 6.58. The molecule has 1 aliphatic heterocycles. The molecule has 0 aromatic heterocycles. The average molecular weight is 335 g/mol. The van der Waals surface area contributed by atoms with E-state index in [1.165, 1.54) is 0 Å². The zero-order valence-corrected chi connectivity index (χ0v) is 15.4. The van der Waals surface area contributed by atoms with Crippen molar-refractivity contribution in [3.8, 4) is 0 Å². The summed E-state index contributed by atoms with van der Waals surface area (Å²) in [6.45, 7) is 9.90. The van der Waals surface area contributed by atoms with Crippen LogP contribution in [0.5, 0.6) is 0 Å². The molecule has 0 amide bonds. The van der Waals surface area contributed by atoms with Crippen LogP contribution in [0.4, 0.5) is 0 Å². The molecule has 134 valence electrons. The maximum atomic E-state index is 12.4. The zero-order chi connectivity index (χ0) is 18.1. The molecule has 0 aromatic rings. The second-order valence-corrected chi connectivity index (χ2v) is 5.65. The van der Waals surface area contributed by atoms with Gasteiger partial charge in [-0.15, -0.1) is 0 Å². The monoisotopic (exact) mass is 335 g/mol. The molecule has 1 rings (SSSR count). The summed E-state index contributed by atoms with van der Waals surface area (Å²) in [6, 6.07) is 0. The van der Waals surface area contributed by atoms with Crippen LogP contribution < -0.4 is 5.32 Å². The van der Waals surface area contributed by atoms with Crippen molar-refractivity contribution in [2.45, 2.75) is 53.9 Å². The first-order valence-corrected chi connectivity index (χ1v) is 8.65. The van der Waals surface area contributed by atoms with Crippen LogP contribution in [0.15, 0.2) is 34.7 Å². The molecule has 5 nitrogen and oxygen atoms in total. The number of esters is 2. The maximum absolute atomic E-state index is 12.4.